The van der Waals surface area contributed by atoms with E-state index < -0.39 is 63.0 Å². The number of hydrogen-bond donors (Lipinski definition) is 1. The van der Waals surface area contributed by atoms with Gasteiger partial charge in [0.15, 0.2) is 0 Å². The minimum Gasteiger partial charge on any atom is -0.324 e. The van der Waals surface area contributed by atoms with Gasteiger partial charge in [0.2, 0.25) is 17.7 Å². The number of likely N-dealkylation sites (tertiary alicyclic amines) is 1. The van der Waals surface area contributed by atoms with Crippen molar-refractivity contribution in [2.75, 3.05) is 5.32 Å². The third-order valence-corrected chi connectivity index (χ3v) is 9.54. The van der Waals surface area contributed by atoms with Crippen LogP contribution in [0.1, 0.15) is 41.7 Å². The van der Waals surface area contributed by atoms with Crippen molar-refractivity contribution in [2.24, 2.45) is 17.8 Å². The van der Waals surface area contributed by atoms with Crippen LogP contribution in [-0.2, 0) is 30.3 Å². The van der Waals surface area contributed by atoms with Crippen LogP contribution in [-0.4, -0.2) is 28.7 Å². The molecule has 0 unspecified atom stereocenters. The first-order chi connectivity index (χ1) is 18.8. The van der Waals surface area contributed by atoms with E-state index in [-0.39, 0.29) is 5.69 Å². The smallest absolute Gasteiger partial charge is 0.324 e. The summed E-state index contributed by atoms with van der Waals surface area (Å²) < 4.78 is 39.8. The van der Waals surface area contributed by atoms with E-state index in [2.05, 4.69) is 5.32 Å². The molecular weight excluding hydrogens is 564 g/mol. The number of carbonyl (C=O) groups excluding carboxylic acids is 3. The van der Waals surface area contributed by atoms with Crippen molar-refractivity contribution in [2.45, 2.75) is 35.8 Å². The molecule has 3 atom stereocenters. The van der Waals surface area contributed by atoms with Crippen molar-refractivity contribution in [1.82, 2.24) is 4.90 Å². The number of halogens is 5. The van der Waals surface area contributed by atoms with Crippen molar-refractivity contribution in [3.05, 3.63) is 101 Å². The molecule has 1 aliphatic heterocycles. The number of hydrogen-bond acceptors (Lipinski definition) is 3. The fourth-order valence-corrected chi connectivity index (χ4v) is 7.77. The van der Waals surface area contributed by atoms with Gasteiger partial charge in [-0.1, -0.05) is 68.4 Å². The number of rotatable bonds is 4. The largest absolute Gasteiger partial charge is 0.416 e. The molecule has 2 bridgehead atoms. The van der Waals surface area contributed by atoms with Crippen LogP contribution in [0.2, 0.25) is 0 Å². The molecule has 40 heavy (non-hydrogen) atoms. The quantitative estimate of drug-likeness (QED) is 0.290. The molecule has 0 aromatic heterocycles. The Kier molecular flexibility index (Phi) is 5.92. The monoisotopic (exact) mass is 586 g/mol. The maximum absolute atomic E-state index is 14.2. The van der Waals surface area contributed by atoms with Crippen molar-refractivity contribution in [3.8, 4) is 0 Å². The van der Waals surface area contributed by atoms with Crippen LogP contribution >= 0.6 is 23.2 Å². The number of nitrogens with one attached hydrogen (secondary N) is 1. The lowest BCUT2D eigenvalue weighted by molar-refractivity contribution is -0.148. The molecule has 1 N–H and O–H groups in total. The van der Waals surface area contributed by atoms with Gasteiger partial charge in [0, 0.05) is 5.69 Å². The van der Waals surface area contributed by atoms with Crippen LogP contribution in [0, 0.1) is 17.8 Å². The highest BCUT2D eigenvalue weighted by Gasteiger charge is 2.73. The van der Waals surface area contributed by atoms with E-state index in [0.29, 0.717) is 22.3 Å². The van der Waals surface area contributed by atoms with Crippen LogP contribution in [0.25, 0.3) is 0 Å². The molecule has 0 spiro atoms. The van der Waals surface area contributed by atoms with E-state index in [1.807, 2.05) is 0 Å². The van der Waals surface area contributed by atoms with E-state index >= 15 is 0 Å². The summed E-state index contributed by atoms with van der Waals surface area (Å²) in [5.41, 5.74) is 1.47. The fourth-order valence-electron chi connectivity index (χ4n) is 6.67. The van der Waals surface area contributed by atoms with Crippen LogP contribution in [0.3, 0.4) is 0 Å². The van der Waals surface area contributed by atoms with Crippen LogP contribution in [0.4, 0.5) is 18.9 Å². The molecule has 10 heteroatoms. The average molecular weight is 587 g/mol. The third-order valence-electron chi connectivity index (χ3n) is 8.26. The van der Waals surface area contributed by atoms with Crippen molar-refractivity contribution >= 4 is 46.6 Å². The Morgan fingerprint density at radius 1 is 0.825 bits per heavy atom. The summed E-state index contributed by atoms with van der Waals surface area (Å²) in [5.74, 6) is -4.82. The van der Waals surface area contributed by atoms with Gasteiger partial charge in [-0.2, -0.15) is 13.2 Å². The summed E-state index contributed by atoms with van der Waals surface area (Å²) in [5, 5.41) is 2.48. The van der Waals surface area contributed by atoms with Gasteiger partial charge in [0.25, 0.3) is 0 Å². The molecule has 3 aromatic carbocycles. The van der Waals surface area contributed by atoms with Gasteiger partial charge in [0.1, 0.15) is 15.8 Å². The van der Waals surface area contributed by atoms with E-state index in [0.717, 1.165) is 17.0 Å². The number of nitrogens with zero attached hydrogens (tertiary/aromatic N) is 1. The van der Waals surface area contributed by atoms with Crippen LogP contribution < -0.4 is 5.32 Å². The van der Waals surface area contributed by atoms with Gasteiger partial charge in [0.05, 0.1) is 17.4 Å². The van der Waals surface area contributed by atoms with Gasteiger partial charge in [-0.25, -0.2) is 0 Å². The molecule has 0 saturated carbocycles. The highest BCUT2D eigenvalue weighted by atomic mass is 35.5. The minimum absolute atomic E-state index is 0.107. The molecule has 4 aliphatic rings. The number of anilines is 1. The van der Waals surface area contributed by atoms with Gasteiger partial charge in [-0.05, 0) is 46.4 Å². The molecular formula is C30H23Cl2F3N2O3. The predicted molar refractivity (Wildman–Crippen MR) is 144 cm³/mol. The zero-order chi connectivity index (χ0) is 28.8. The number of alkyl halides is 5. The van der Waals surface area contributed by atoms with Gasteiger partial charge in [-0.3, -0.25) is 19.3 Å². The minimum atomic E-state index is -4.61. The Morgan fingerprint density at radius 2 is 1.27 bits per heavy atom. The van der Waals surface area contributed by atoms with Crippen LogP contribution in [0.15, 0.2) is 72.8 Å². The van der Waals surface area contributed by atoms with Crippen molar-refractivity contribution in [3.63, 3.8) is 0 Å². The first-order valence-electron chi connectivity index (χ1n) is 12.8. The molecule has 1 fully saturated rings. The molecule has 5 nitrogen and oxygen atoms in total. The topological polar surface area (TPSA) is 66.5 Å². The lowest BCUT2D eigenvalue weighted by Gasteiger charge is -2.54. The predicted octanol–water partition coefficient (Wildman–Crippen LogP) is 6.26. The second-order valence-corrected chi connectivity index (χ2v) is 12.0. The number of carbonyl (C=O) groups is 3. The molecule has 3 amide bonds. The molecule has 0 radical (unpaired) electrons. The van der Waals surface area contributed by atoms with Gasteiger partial charge >= 0.3 is 6.18 Å². The Hall–Kier alpha value is -3.36. The van der Waals surface area contributed by atoms with Crippen molar-refractivity contribution < 1.29 is 27.6 Å². The average Bonchev–Trinajstić information content (AvgIpc) is 3.18. The van der Waals surface area contributed by atoms with Crippen molar-refractivity contribution in [1.29, 1.82) is 0 Å². The van der Waals surface area contributed by atoms with E-state index in [9.17, 15) is 27.6 Å². The van der Waals surface area contributed by atoms with E-state index in [1.165, 1.54) is 12.1 Å². The molecule has 3 aromatic rings. The Bertz CT molecular complexity index is 1470. The highest BCUT2D eigenvalue weighted by molar-refractivity contribution is 6.36. The maximum atomic E-state index is 14.2. The summed E-state index contributed by atoms with van der Waals surface area (Å²) in [6.07, 6.45) is -4.61. The number of benzene rings is 3. The summed E-state index contributed by atoms with van der Waals surface area (Å²) in [6, 6.07) is 17.2. The highest BCUT2D eigenvalue weighted by Crippen LogP contribution is 2.69. The first-order valence-corrected chi connectivity index (χ1v) is 13.5. The third kappa shape index (κ3) is 3.45. The molecule has 1 saturated heterocycles. The Morgan fingerprint density at radius 3 is 1.68 bits per heavy atom. The summed E-state index contributed by atoms with van der Waals surface area (Å²) in [7, 11) is 0. The zero-order valence-corrected chi connectivity index (χ0v) is 22.8. The molecule has 206 valence electrons. The van der Waals surface area contributed by atoms with Gasteiger partial charge < -0.3 is 5.32 Å². The standard InChI is InChI=1S/C30H23Cl2F3N2O3/c1-15(2)24(25(38)36-17-9-7-8-16(14-17)30(33,34)35)37-26(39)22-23(27(37)40)29(32)19-11-4-3-10-18(19)28(22,31)20-12-5-6-13-21(20)29/h3-15,22-24H,1-2H3,(H,36,38)/t22-,23-,24-,28?,29?/m0/s1. The van der Waals surface area contributed by atoms with Gasteiger partial charge in [-0.15, -0.1) is 23.2 Å². The fraction of sp³-hybridized carbons (Fsp3) is 0.300. The second-order valence-electron chi connectivity index (χ2n) is 10.8. The van der Waals surface area contributed by atoms with E-state index in [4.69, 9.17) is 23.2 Å². The lowest BCUT2D eigenvalue weighted by Crippen LogP contribution is -2.57. The number of amides is 3. The zero-order valence-electron chi connectivity index (χ0n) is 21.3. The van der Waals surface area contributed by atoms with E-state index in [1.54, 1.807) is 62.4 Å². The molecule has 3 aliphatic carbocycles. The molecule has 1 heterocycles. The second kappa shape index (κ2) is 8.82. The number of imide groups is 1. The SMILES string of the molecule is CC(C)[C@@H](C(=O)Nc1cccc(C(F)(F)F)c1)N1C(=O)[C@@H]2[C@@H](C1=O)C1(Cl)c3ccccc3C2(Cl)c2ccccc21. The lowest BCUT2D eigenvalue weighted by atomic mass is 9.54. The van der Waals surface area contributed by atoms with Crippen LogP contribution in [0.5, 0.6) is 0 Å². The molecule has 7 rings (SSSR count). The normalized spacial score (nSPS) is 27.4. The first kappa shape index (κ1) is 26.8. The Labute approximate surface area is 238 Å². The Balaban J connectivity index is 1.44. The summed E-state index contributed by atoms with van der Waals surface area (Å²) >= 11 is 14.9. The summed E-state index contributed by atoms with van der Waals surface area (Å²) in [4.78, 5) is 40.1. The summed E-state index contributed by atoms with van der Waals surface area (Å²) in [6.45, 7) is 3.31. The maximum Gasteiger partial charge on any atom is 0.416 e.